The van der Waals surface area contributed by atoms with Gasteiger partial charge in [0.15, 0.2) is 0 Å². The Hall–Kier alpha value is -1.36. The quantitative estimate of drug-likeness (QED) is 0.517. The van der Waals surface area contributed by atoms with E-state index >= 15 is 0 Å². The molecule has 1 atom stereocenters. The van der Waals surface area contributed by atoms with Crippen LogP contribution in [0.15, 0.2) is 17.3 Å². The van der Waals surface area contributed by atoms with Crippen LogP contribution < -0.4 is 11.2 Å². The molecule has 0 aromatic heterocycles. The van der Waals surface area contributed by atoms with Crippen LogP contribution in [0.1, 0.15) is 19.8 Å². The highest BCUT2D eigenvalue weighted by atomic mass is 16.5. The number of ether oxygens (including phenoxy) is 1. The molecule has 0 aliphatic carbocycles. The highest BCUT2D eigenvalue weighted by Crippen LogP contribution is 2.12. The fourth-order valence-corrected chi connectivity index (χ4v) is 1.18. The second-order valence-electron chi connectivity index (χ2n) is 3.14. The number of hydrazone groups is 1. The van der Waals surface area contributed by atoms with Crippen molar-refractivity contribution in [2.75, 3.05) is 6.61 Å². The molecule has 5 nitrogen and oxygen atoms in total. The molecule has 3 N–H and O–H groups in total. The van der Waals surface area contributed by atoms with E-state index in [1.807, 2.05) is 12.2 Å². The molecule has 0 aromatic rings. The summed E-state index contributed by atoms with van der Waals surface area (Å²) < 4.78 is 5.38. The van der Waals surface area contributed by atoms with Gasteiger partial charge in [0.1, 0.15) is 0 Å². The van der Waals surface area contributed by atoms with E-state index in [9.17, 15) is 4.79 Å². The summed E-state index contributed by atoms with van der Waals surface area (Å²) in [4.78, 5) is 10.3. The lowest BCUT2D eigenvalue weighted by Gasteiger charge is -2.00. The smallest absolute Gasteiger partial charge is 0.332 e. The monoisotopic (exact) mass is 197 g/mol. The largest absolute Gasteiger partial charge is 0.374 e. The molecule has 0 radical (unpaired) electrons. The molecule has 0 aromatic carbocycles. The topological polar surface area (TPSA) is 76.7 Å². The number of hydrogen-bond acceptors (Lipinski definition) is 3. The first kappa shape index (κ1) is 10.7. The van der Waals surface area contributed by atoms with Gasteiger partial charge in [-0.05, 0) is 25.8 Å². The molecule has 0 saturated carbocycles. The summed E-state index contributed by atoms with van der Waals surface area (Å²) in [6.45, 7) is 2.60. The number of hydrogen-bond donors (Lipinski definition) is 2. The Morgan fingerprint density at radius 1 is 1.71 bits per heavy atom. The van der Waals surface area contributed by atoms with Crippen LogP contribution in [-0.4, -0.2) is 24.5 Å². The summed E-state index contributed by atoms with van der Waals surface area (Å²) in [6.07, 6.45) is 6.09. The number of nitrogens with zero attached hydrogens (tertiary/aromatic N) is 1. The van der Waals surface area contributed by atoms with E-state index in [2.05, 4.69) is 10.5 Å². The van der Waals surface area contributed by atoms with Gasteiger partial charge in [0, 0.05) is 6.61 Å². The standard InChI is InChI=1S/C9H15N3O2/c1-7(11-12-9(10)13)4-5-8-3-2-6-14-8/h4-5,8H,2-3,6H2,1H3,(H3,10,12,13)/b5-4+,11-7-. The van der Waals surface area contributed by atoms with Gasteiger partial charge in [-0.1, -0.05) is 6.08 Å². The maximum absolute atomic E-state index is 10.3. The molecule has 1 unspecified atom stereocenters. The van der Waals surface area contributed by atoms with E-state index < -0.39 is 6.03 Å². The first-order chi connectivity index (χ1) is 6.68. The van der Waals surface area contributed by atoms with Gasteiger partial charge in [-0.15, -0.1) is 0 Å². The van der Waals surface area contributed by atoms with Crippen molar-refractivity contribution < 1.29 is 9.53 Å². The Balaban J connectivity index is 2.34. The van der Waals surface area contributed by atoms with Gasteiger partial charge in [0.05, 0.1) is 11.8 Å². The Labute approximate surface area is 83.0 Å². The molecule has 5 heteroatoms. The average Bonchev–Trinajstić information content (AvgIpc) is 2.63. The molecule has 1 rings (SSSR count). The highest BCUT2D eigenvalue weighted by molar-refractivity contribution is 5.93. The third-order valence-electron chi connectivity index (χ3n) is 1.86. The fourth-order valence-electron chi connectivity index (χ4n) is 1.18. The van der Waals surface area contributed by atoms with Gasteiger partial charge in [0.2, 0.25) is 0 Å². The van der Waals surface area contributed by atoms with Crippen LogP contribution in [-0.2, 0) is 4.74 Å². The van der Waals surface area contributed by atoms with Crippen LogP contribution >= 0.6 is 0 Å². The molecule has 2 amide bonds. The number of rotatable bonds is 3. The van der Waals surface area contributed by atoms with E-state index in [1.165, 1.54) is 0 Å². The average molecular weight is 197 g/mol. The minimum absolute atomic E-state index is 0.189. The molecule has 1 saturated heterocycles. The van der Waals surface area contributed by atoms with Gasteiger partial charge < -0.3 is 10.5 Å². The van der Waals surface area contributed by atoms with E-state index in [4.69, 9.17) is 10.5 Å². The summed E-state index contributed by atoms with van der Waals surface area (Å²) >= 11 is 0. The zero-order chi connectivity index (χ0) is 10.4. The second kappa shape index (κ2) is 5.39. The van der Waals surface area contributed by atoms with Crippen LogP contribution in [0, 0.1) is 0 Å². The zero-order valence-electron chi connectivity index (χ0n) is 8.19. The number of primary amides is 1. The summed E-state index contributed by atoms with van der Waals surface area (Å²) in [5.74, 6) is 0. The summed E-state index contributed by atoms with van der Waals surface area (Å²) in [6, 6.07) is -0.658. The predicted molar refractivity (Wildman–Crippen MR) is 53.9 cm³/mol. The molecule has 14 heavy (non-hydrogen) atoms. The first-order valence-corrected chi connectivity index (χ1v) is 4.58. The maximum Gasteiger partial charge on any atom is 0.332 e. The molecule has 1 aliphatic rings. The van der Waals surface area contributed by atoms with Gasteiger partial charge in [-0.2, -0.15) is 5.10 Å². The van der Waals surface area contributed by atoms with Crippen molar-refractivity contribution in [3.05, 3.63) is 12.2 Å². The van der Waals surface area contributed by atoms with E-state index in [1.54, 1.807) is 6.92 Å². The Kier molecular flexibility index (Phi) is 4.12. The second-order valence-corrected chi connectivity index (χ2v) is 3.14. The number of nitrogens with one attached hydrogen (secondary N) is 1. The molecule has 78 valence electrons. The summed E-state index contributed by atoms with van der Waals surface area (Å²) in [5, 5.41) is 3.73. The normalized spacial score (nSPS) is 22.9. The minimum atomic E-state index is -0.658. The zero-order valence-corrected chi connectivity index (χ0v) is 8.19. The molecular formula is C9H15N3O2. The van der Waals surface area contributed by atoms with Crippen molar-refractivity contribution in [2.24, 2.45) is 10.8 Å². The third kappa shape index (κ3) is 4.04. The van der Waals surface area contributed by atoms with Crippen molar-refractivity contribution >= 4 is 11.7 Å². The van der Waals surface area contributed by atoms with E-state index in [-0.39, 0.29) is 6.10 Å². The third-order valence-corrected chi connectivity index (χ3v) is 1.86. The predicted octanol–water partition coefficient (Wildman–Crippen LogP) is 0.766. The van der Waals surface area contributed by atoms with Crippen LogP contribution in [0.2, 0.25) is 0 Å². The molecule has 1 aliphatic heterocycles. The number of amides is 2. The van der Waals surface area contributed by atoms with Crippen molar-refractivity contribution in [1.82, 2.24) is 5.43 Å². The first-order valence-electron chi connectivity index (χ1n) is 4.58. The number of allylic oxidation sites excluding steroid dienone is 1. The van der Waals surface area contributed by atoms with Gasteiger partial charge in [0.25, 0.3) is 0 Å². The van der Waals surface area contributed by atoms with Crippen LogP contribution in [0.25, 0.3) is 0 Å². The van der Waals surface area contributed by atoms with Crippen molar-refractivity contribution in [3.8, 4) is 0 Å². The highest BCUT2D eigenvalue weighted by Gasteiger charge is 2.11. The van der Waals surface area contributed by atoms with Crippen LogP contribution in [0.3, 0.4) is 0 Å². The fraction of sp³-hybridized carbons (Fsp3) is 0.556. The molecule has 1 heterocycles. The van der Waals surface area contributed by atoms with Crippen molar-refractivity contribution in [1.29, 1.82) is 0 Å². The summed E-state index contributed by atoms with van der Waals surface area (Å²) in [7, 11) is 0. The molecule has 1 fully saturated rings. The van der Waals surface area contributed by atoms with Crippen LogP contribution in [0.5, 0.6) is 0 Å². The summed E-state index contributed by atoms with van der Waals surface area (Å²) in [5.41, 5.74) is 7.70. The molecular weight excluding hydrogens is 182 g/mol. The number of urea groups is 1. The number of carbonyl (C=O) groups is 1. The lowest BCUT2D eigenvalue weighted by molar-refractivity contribution is 0.145. The SMILES string of the molecule is CC(/C=C/C1CCCO1)=N/NC(N)=O. The van der Waals surface area contributed by atoms with E-state index in [0.717, 1.165) is 19.4 Å². The Bertz CT molecular complexity index is 255. The van der Waals surface area contributed by atoms with Gasteiger partial charge in [-0.3, -0.25) is 0 Å². The Morgan fingerprint density at radius 2 is 2.50 bits per heavy atom. The van der Waals surface area contributed by atoms with E-state index in [0.29, 0.717) is 5.71 Å². The number of nitrogens with two attached hydrogens (primary N) is 1. The molecule has 0 spiro atoms. The Morgan fingerprint density at radius 3 is 3.07 bits per heavy atom. The maximum atomic E-state index is 10.3. The number of carbonyl (C=O) groups excluding carboxylic acids is 1. The lowest BCUT2D eigenvalue weighted by atomic mass is 10.2. The van der Waals surface area contributed by atoms with Gasteiger partial charge in [-0.25, -0.2) is 10.2 Å². The van der Waals surface area contributed by atoms with Crippen molar-refractivity contribution in [3.63, 3.8) is 0 Å². The minimum Gasteiger partial charge on any atom is -0.374 e. The lowest BCUT2D eigenvalue weighted by Crippen LogP contribution is -2.25. The van der Waals surface area contributed by atoms with Crippen LogP contribution in [0.4, 0.5) is 4.79 Å². The van der Waals surface area contributed by atoms with Crippen molar-refractivity contribution in [2.45, 2.75) is 25.9 Å². The molecule has 0 bridgehead atoms. The van der Waals surface area contributed by atoms with Gasteiger partial charge >= 0.3 is 6.03 Å².